The summed E-state index contributed by atoms with van der Waals surface area (Å²) in [6, 6.07) is 0. The van der Waals surface area contributed by atoms with Gasteiger partial charge in [-0.3, -0.25) is 14.5 Å². The summed E-state index contributed by atoms with van der Waals surface area (Å²) in [6.45, 7) is 5.71. The first kappa shape index (κ1) is 18.6. The fourth-order valence-electron chi connectivity index (χ4n) is 4.33. The predicted molar refractivity (Wildman–Crippen MR) is 93.9 cm³/mol. The van der Waals surface area contributed by atoms with E-state index in [1.807, 2.05) is 11.8 Å². The van der Waals surface area contributed by atoms with E-state index >= 15 is 0 Å². The lowest BCUT2D eigenvalue weighted by atomic mass is 9.83. The van der Waals surface area contributed by atoms with E-state index in [1.54, 1.807) is 0 Å². The molecule has 1 unspecified atom stereocenters. The molecule has 0 bridgehead atoms. The molecule has 2 saturated heterocycles. The molecule has 6 nitrogen and oxygen atoms in total. The maximum Gasteiger partial charge on any atom is 0.309 e. The highest BCUT2D eigenvalue weighted by Crippen LogP contribution is 2.31. The molecule has 2 aliphatic heterocycles. The third kappa shape index (κ3) is 4.34. The van der Waals surface area contributed by atoms with Gasteiger partial charge in [0, 0.05) is 19.6 Å². The van der Waals surface area contributed by atoms with Gasteiger partial charge in [-0.05, 0) is 64.5 Å². The van der Waals surface area contributed by atoms with Gasteiger partial charge < -0.3 is 14.7 Å². The molecule has 1 N–H and O–H groups in total. The van der Waals surface area contributed by atoms with Crippen LogP contribution in [0.2, 0.25) is 0 Å². The van der Waals surface area contributed by atoms with E-state index in [-0.39, 0.29) is 17.8 Å². The zero-order valence-corrected chi connectivity index (χ0v) is 15.4. The molecular formula is C19H32N2O4. The van der Waals surface area contributed by atoms with Crippen LogP contribution in [0.5, 0.6) is 0 Å². The second-order valence-corrected chi connectivity index (χ2v) is 7.99. The number of β-amino-alcohol motifs (C(OH)–C–C–N with tert-alkyl or cyclic N) is 1. The molecule has 3 rings (SSSR count). The largest absolute Gasteiger partial charge is 0.466 e. The summed E-state index contributed by atoms with van der Waals surface area (Å²) in [6.07, 6.45) is 6.60. The van der Waals surface area contributed by atoms with Crippen molar-refractivity contribution >= 4 is 11.9 Å². The molecule has 0 radical (unpaired) electrons. The normalized spacial score (nSPS) is 29.5. The number of piperidine rings is 2. The Kier molecular flexibility index (Phi) is 6.00. The zero-order valence-electron chi connectivity index (χ0n) is 15.4. The van der Waals surface area contributed by atoms with Gasteiger partial charge in [0.15, 0.2) is 5.60 Å². The number of likely N-dealkylation sites (tertiary alicyclic amines) is 2. The minimum atomic E-state index is -1.25. The highest BCUT2D eigenvalue weighted by atomic mass is 16.5. The SMILES string of the molecule is CCOC(=O)C1CCN(CC2(O)CCCN(CC3CCC3)C2=O)CC1. The Hall–Kier alpha value is -1.14. The van der Waals surface area contributed by atoms with E-state index in [1.165, 1.54) is 19.3 Å². The van der Waals surface area contributed by atoms with E-state index in [2.05, 4.69) is 4.90 Å². The lowest BCUT2D eigenvalue weighted by Gasteiger charge is -2.43. The van der Waals surface area contributed by atoms with Crippen molar-refractivity contribution in [3.8, 4) is 0 Å². The number of carbonyl (C=O) groups is 2. The van der Waals surface area contributed by atoms with Gasteiger partial charge in [0.2, 0.25) is 0 Å². The van der Waals surface area contributed by atoms with Gasteiger partial charge in [-0.25, -0.2) is 0 Å². The number of aliphatic hydroxyl groups is 1. The van der Waals surface area contributed by atoms with Crippen LogP contribution in [-0.4, -0.2) is 71.7 Å². The van der Waals surface area contributed by atoms with Crippen molar-refractivity contribution in [1.82, 2.24) is 9.80 Å². The van der Waals surface area contributed by atoms with Crippen molar-refractivity contribution in [2.75, 3.05) is 39.3 Å². The average molecular weight is 352 g/mol. The summed E-state index contributed by atoms with van der Waals surface area (Å²) in [4.78, 5) is 28.7. The van der Waals surface area contributed by atoms with Gasteiger partial charge in [-0.15, -0.1) is 0 Å². The van der Waals surface area contributed by atoms with Crippen LogP contribution in [0.3, 0.4) is 0 Å². The van der Waals surface area contributed by atoms with Crippen molar-refractivity contribution < 1.29 is 19.4 Å². The minimum absolute atomic E-state index is 0.0389. The van der Waals surface area contributed by atoms with Crippen molar-refractivity contribution in [1.29, 1.82) is 0 Å². The second-order valence-electron chi connectivity index (χ2n) is 7.99. The minimum Gasteiger partial charge on any atom is -0.466 e. The molecule has 0 aromatic heterocycles. The van der Waals surface area contributed by atoms with Crippen LogP contribution >= 0.6 is 0 Å². The monoisotopic (exact) mass is 352 g/mol. The van der Waals surface area contributed by atoms with Gasteiger partial charge in [0.25, 0.3) is 5.91 Å². The standard InChI is InChI=1S/C19H32N2O4/c1-2-25-17(22)16-7-11-20(12-8-16)14-19(24)9-4-10-21(18(19)23)13-15-5-3-6-15/h15-16,24H,2-14H2,1H3. The van der Waals surface area contributed by atoms with Gasteiger partial charge >= 0.3 is 5.97 Å². The number of ether oxygens (including phenoxy) is 1. The maximum absolute atomic E-state index is 12.8. The van der Waals surface area contributed by atoms with Crippen LogP contribution in [-0.2, 0) is 14.3 Å². The van der Waals surface area contributed by atoms with Crippen molar-refractivity contribution in [3.63, 3.8) is 0 Å². The molecule has 3 aliphatic rings. The summed E-state index contributed by atoms with van der Waals surface area (Å²) >= 11 is 0. The smallest absolute Gasteiger partial charge is 0.309 e. The topological polar surface area (TPSA) is 70.1 Å². The third-order valence-corrected chi connectivity index (χ3v) is 6.10. The summed E-state index contributed by atoms with van der Waals surface area (Å²) < 4.78 is 5.10. The van der Waals surface area contributed by atoms with Crippen molar-refractivity contribution in [2.24, 2.45) is 11.8 Å². The molecule has 0 spiro atoms. The highest BCUT2D eigenvalue weighted by Gasteiger charge is 2.44. The van der Waals surface area contributed by atoms with Crippen LogP contribution in [0.4, 0.5) is 0 Å². The van der Waals surface area contributed by atoms with Gasteiger partial charge in [-0.2, -0.15) is 0 Å². The molecule has 1 aliphatic carbocycles. The molecule has 0 aromatic carbocycles. The Morgan fingerprint density at radius 3 is 2.52 bits per heavy atom. The summed E-state index contributed by atoms with van der Waals surface area (Å²) in [5.41, 5.74) is -1.25. The molecule has 0 aromatic rings. The van der Waals surface area contributed by atoms with Crippen molar-refractivity contribution in [3.05, 3.63) is 0 Å². The molecule has 2 heterocycles. The molecule has 3 fully saturated rings. The quantitative estimate of drug-likeness (QED) is 0.732. The van der Waals surface area contributed by atoms with E-state index in [0.29, 0.717) is 25.5 Å². The number of nitrogens with zero attached hydrogens (tertiary/aromatic N) is 2. The summed E-state index contributed by atoms with van der Waals surface area (Å²) in [5, 5.41) is 11.0. The van der Waals surface area contributed by atoms with Gasteiger partial charge in [0.1, 0.15) is 0 Å². The molecule has 6 heteroatoms. The molecule has 1 amide bonds. The molecule has 1 saturated carbocycles. The maximum atomic E-state index is 12.8. The van der Waals surface area contributed by atoms with Crippen molar-refractivity contribution in [2.45, 2.75) is 57.5 Å². The Morgan fingerprint density at radius 2 is 1.92 bits per heavy atom. The molecular weight excluding hydrogens is 320 g/mol. The average Bonchev–Trinajstić information content (AvgIpc) is 2.55. The van der Waals surface area contributed by atoms with Gasteiger partial charge in [-0.1, -0.05) is 6.42 Å². The highest BCUT2D eigenvalue weighted by molar-refractivity contribution is 5.86. The number of amides is 1. The second kappa shape index (κ2) is 8.04. The fourth-order valence-corrected chi connectivity index (χ4v) is 4.33. The van der Waals surface area contributed by atoms with E-state index in [4.69, 9.17) is 4.74 Å². The number of hydrogen-bond donors (Lipinski definition) is 1. The first-order valence-corrected chi connectivity index (χ1v) is 9.92. The summed E-state index contributed by atoms with van der Waals surface area (Å²) in [7, 11) is 0. The Labute approximate surface area is 150 Å². The predicted octanol–water partition coefficient (Wildman–Crippen LogP) is 1.42. The van der Waals surface area contributed by atoms with E-state index < -0.39 is 5.60 Å². The number of esters is 1. The van der Waals surface area contributed by atoms with Crippen LogP contribution in [0, 0.1) is 11.8 Å². The number of hydrogen-bond acceptors (Lipinski definition) is 5. The Balaban J connectivity index is 1.51. The van der Waals surface area contributed by atoms with E-state index in [9.17, 15) is 14.7 Å². The Bertz CT molecular complexity index is 486. The first-order chi connectivity index (χ1) is 12.0. The third-order valence-electron chi connectivity index (χ3n) is 6.10. The first-order valence-electron chi connectivity index (χ1n) is 9.92. The van der Waals surface area contributed by atoms with Crippen LogP contribution in [0.25, 0.3) is 0 Å². The lowest BCUT2D eigenvalue weighted by molar-refractivity contribution is -0.162. The number of carbonyl (C=O) groups excluding carboxylic acids is 2. The number of rotatable bonds is 6. The zero-order chi connectivity index (χ0) is 17.9. The molecule has 1 atom stereocenters. The van der Waals surface area contributed by atoms with Gasteiger partial charge in [0.05, 0.1) is 12.5 Å². The van der Waals surface area contributed by atoms with Crippen LogP contribution in [0.1, 0.15) is 51.9 Å². The fraction of sp³-hybridized carbons (Fsp3) is 0.895. The van der Waals surface area contributed by atoms with Crippen LogP contribution in [0.15, 0.2) is 0 Å². The molecule has 25 heavy (non-hydrogen) atoms. The van der Waals surface area contributed by atoms with E-state index in [0.717, 1.165) is 45.4 Å². The van der Waals surface area contributed by atoms with Crippen LogP contribution < -0.4 is 0 Å². The Morgan fingerprint density at radius 1 is 1.20 bits per heavy atom. The molecule has 142 valence electrons. The summed E-state index contributed by atoms with van der Waals surface area (Å²) in [5.74, 6) is 0.397. The lowest BCUT2D eigenvalue weighted by Crippen LogP contribution is -2.60.